The smallest absolute Gasteiger partial charge is 0.410 e. The highest BCUT2D eigenvalue weighted by atomic mass is 16.6. The molecule has 1 aliphatic rings. The lowest BCUT2D eigenvalue weighted by molar-refractivity contribution is -0.0453. The lowest BCUT2D eigenvalue weighted by Crippen LogP contribution is -2.63. The number of piperazine rings is 1. The second kappa shape index (κ2) is 5.67. The maximum atomic E-state index is 12.1. The molecule has 0 saturated carbocycles. The fourth-order valence-electron chi connectivity index (χ4n) is 2.04. The van der Waals surface area contributed by atoms with Gasteiger partial charge in [0.15, 0.2) is 0 Å². The topological polar surface area (TPSA) is 61.8 Å². The second-order valence-corrected chi connectivity index (χ2v) is 6.81. The molecular weight excluding hydrogens is 244 g/mol. The Morgan fingerprint density at radius 1 is 1.37 bits per heavy atom. The highest BCUT2D eigenvalue weighted by Gasteiger charge is 2.39. The van der Waals surface area contributed by atoms with Gasteiger partial charge in [-0.05, 0) is 33.6 Å². The third-order valence-electron chi connectivity index (χ3n) is 3.70. The summed E-state index contributed by atoms with van der Waals surface area (Å²) in [7, 11) is 0. The van der Waals surface area contributed by atoms with Crippen LogP contribution in [0.1, 0.15) is 41.5 Å². The molecule has 112 valence electrons. The summed E-state index contributed by atoms with van der Waals surface area (Å²) in [6.07, 6.45) is -0.307. The lowest BCUT2D eigenvalue weighted by Gasteiger charge is -2.43. The Balaban J connectivity index is 2.67. The van der Waals surface area contributed by atoms with E-state index in [1.54, 1.807) is 4.90 Å². The number of nitrogens with zero attached hydrogens (tertiary/aromatic N) is 1. The number of carbonyl (C=O) groups excluding carboxylic acids is 1. The number of aliphatic hydroxyl groups is 1. The first kappa shape index (κ1) is 16.2. The zero-order valence-electron chi connectivity index (χ0n) is 13.0. The van der Waals surface area contributed by atoms with Gasteiger partial charge in [0.05, 0.1) is 11.6 Å². The SMILES string of the molecule is CC(C)[C@@](C)(O)C1CN(C(=O)OC(C)(C)C)CCN1. The predicted molar refractivity (Wildman–Crippen MR) is 75.1 cm³/mol. The van der Waals surface area contributed by atoms with Gasteiger partial charge in [-0.15, -0.1) is 0 Å². The summed E-state index contributed by atoms with van der Waals surface area (Å²) < 4.78 is 5.38. The molecule has 5 nitrogen and oxygen atoms in total. The van der Waals surface area contributed by atoms with Crippen molar-refractivity contribution in [3.05, 3.63) is 0 Å². The van der Waals surface area contributed by atoms with Crippen LogP contribution in [0.4, 0.5) is 4.79 Å². The molecule has 2 atom stereocenters. The van der Waals surface area contributed by atoms with Crippen LogP contribution >= 0.6 is 0 Å². The largest absolute Gasteiger partial charge is 0.444 e. The van der Waals surface area contributed by atoms with Crippen molar-refractivity contribution in [3.63, 3.8) is 0 Å². The molecule has 1 aliphatic heterocycles. The normalized spacial score (nSPS) is 24.2. The summed E-state index contributed by atoms with van der Waals surface area (Å²) >= 11 is 0. The number of rotatable bonds is 2. The van der Waals surface area contributed by atoms with E-state index in [9.17, 15) is 9.90 Å². The molecule has 19 heavy (non-hydrogen) atoms. The molecule has 5 heteroatoms. The summed E-state index contributed by atoms with van der Waals surface area (Å²) in [5.41, 5.74) is -1.33. The van der Waals surface area contributed by atoms with Crippen molar-refractivity contribution in [1.29, 1.82) is 0 Å². The highest BCUT2D eigenvalue weighted by Crippen LogP contribution is 2.23. The zero-order chi connectivity index (χ0) is 14.8. The van der Waals surface area contributed by atoms with Crippen molar-refractivity contribution in [1.82, 2.24) is 10.2 Å². The maximum Gasteiger partial charge on any atom is 0.410 e. The Labute approximate surface area is 116 Å². The van der Waals surface area contributed by atoms with Gasteiger partial charge in [-0.1, -0.05) is 13.8 Å². The minimum absolute atomic E-state index is 0.114. The van der Waals surface area contributed by atoms with E-state index in [1.807, 2.05) is 41.5 Å². The molecule has 1 unspecified atom stereocenters. The van der Waals surface area contributed by atoms with Gasteiger partial charge in [-0.3, -0.25) is 0 Å². The van der Waals surface area contributed by atoms with Crippen molar-refractivity contribution < 1.29 is 14.6 Å². The standard InChI is InChI=1S/C14H28N2O3/c1-10(2)14(6,18)11-9-16(8-7-15-11)12(17)19-13(3,4)5/h10-11,15,18H,7-9H2,1-6H3/t11?,14-/m1/s1. The van der Waals surface area contributed by atoms with Gasteiger partial charge >= 0.3 is 6.09 Å². The Morgan fingerprint density at radius 3 is 2.42 bits per heavy atom. The molecule has 0 aromatic heterocycles. The fourth-order valence-corrected chi connectivity index (χ4v) is 2.04. The van der Waals surface area contributed by atoms with Crippen molar-refractivity contribution in [2.24, 2.45) is 5.92 Å². The van der Waals surface area contributed by atoms with Crippen LogP contribution in [-0.4, -0.2) is 53.0 Å². The Kier molecular flexibility index (Phi) is 4.85. The minimum Gasteiger partial charge on any atom is -0.444 e. The molecule has 1 saturated heterocycles. The Hall–Kier alpha value is -0.810. The van der Waals surface area contributed by atoms with Gasteiger partial charge in [0.2, 0.25) is 0 Å². The van der Waals surface area contributed by atoms with Crippen LogP contribution in [0.15, 0.2) is 0 Å². The van der Waals surface area contributed by atoms with Crippen LogP contribution in [0.25, 0.3) is 0 Å². The van der Waals surface area contributed by atoms with Crippen molar-refractivity contribution in [2.45, 2.75) is 58.8 Å². The quantitative estimate of drug-likeness (QED) is 0.801. The van der Waals surface area contributed by atoms with E-state index in [-0.39, 0.29) is 18.1 Å². The maximum absolute atomic E-state index is 12.1. The van der Waals surface area contributed by atoms with Gasteiger partial charge < -0.3 is 20.1 Å². The molecule has 1 rings (SSSR count). The predicted octanol–water partition coefficient (Wildman–Crippen LogP) is 1.60. The summed E-state index contributed by atoms with van der Waals surface area (Å²) in [6.45, 7) is 13.1. The van der Waals surface area contributed by atoms with Crippen LogP contribution in [-0.2, 0) is 4.74 Å². The molecule has 0 aromatic rings. The first-order chi connectivity index (χ1) is 8.54. The molecule has 0 spiro atoms. The number of hydrogen-bond acceptors (Lipinski definition) is 4. The van der Waals surface area contributed by atoms with Gasteiger partial charge in [0.25, 0.3) is 0 Å². The third kappa shape index (κ3) is 4.35. The van der Waals surface area contributed by atoms with Crippen LogP contribution in [0.2, 0.25) is 0 Å². The average Bonchev–Trinajstić information content (AvgIpc) is 2.26. The first-order valence-electron chi connectivity index (χ1n) is 6.97. The monoisotopic (exact) mass is 272 g/mol. The first-order valence-corrected chi connectivity index (χ1v) is 6.97. The lowest BCUT2D eigenvalue weighted by atomic mass is 9.84. The summed E-state index contributed by atoms with van der Waals surface area (Å²) in [5, 5.41) is 13.8. The zero-order valence-corrected chi connectivity index (χ0v) is 13.0. The third-order valence-corrected chi connectivity index (χ3v) is 3.70. The number of nitrogens with one attached hydrogen (secondary N) is 1. The van der Waals surface area contributed by atoms with Crippen LogP contribution < -0.4 is 5.32 Å². The van der Waals surface area contributed by atoms with E-state index in [1.165, 1.54) is 0 Å². The van der Waals surface area contributed by atoms with E-state index in [0.29, 0.717) is 19.6 Å². The second-order valence-electron chi connectivity index (χ2n) is 6.81. The Morgan fingerprint density at radius 2 is 1.95 bits per heavy atom. The summed E-state index contributed by atoms with van der Waals surface area (Å²) in [4.78, 5) is 13.7. The van der Waals surface area contributed by atoms with Gasteiger partial charge in [-0.25, -0.2) is 4.79 Å². The van der Waals surface area contributed by atoms with Crippen LogP contribution in [0, 0.1) is 5.92 Å². The molecule has 0 aromatic carbocycles. The minimum atomic E-state index is -0.847. The number of ether oxygens (including phenoxy) is 1. The van der Waals surface area contributed by atoms with E-state index in [0.717, 1.165) is 0 Å². The van der Waals surface area contributed by atoms with Crippen LogP contribution in [0.3, 0.4) is 0 Å². The van der Waals surface area contributed by atoms with Gasteiger partial charge in [0.1, 0.15) is 5.60 Å². The molecule has 1 amide bonds. The molecule has 0 aliphatic carbocycles. The van der Waals surface area contributed by atoms with E-state index >= 15 is 0 Å². The van der Waals surface area contributed by atoms with E-state index in [4.69, 9.17) is 4.74 Å². The van der Waals surface area contributed by atoms with E-state index in [2.05, 4.69) is 5.32 Å². The van der Waals surface area contributed by atoms with E-state index < -0.39 is 11.2 Å². The van der Waals surface area contributed by atoms with Crippen molar-refractivity contribution >= 4 is 6.09 Å². The number of carbonyl (C=O) groups is 1. The number of hydrogen-bond donors (Lipinski definition) is 2. The summed E-state index contributed by atoms with van der Waals surface area (Å²) in [6, 6.07) is -0.131. The molecule has 2 N–H and O–H groups in total. The molecule has 0 bridgehead atoms. The highest BCUT2D eigenvalue weighted by molar-refractivity contribution is 5.68. The summed E-state index contributed by atoms with van der Waals surface area (Å²) in [5.74, 6) is 0.114. The Bertz CT molecular complexity index is 321. The van der Waals surface area contributed by atoms with Gasteiger partial charge in [-0.2, -0.15) is 0 Å². The van der Waals surface area contributed by atoms with Crippen molar-refractivity contribution in [2.75, 3.05) is 19.6 Å². The number of amides is 1. The van der Waals surface area contributed by atoms with Crippen LogP contribution in [0.5, 0.6) is 0 Å². The molecule has 1 fully saturated rings. The molecule has 0 radical (unpaired) electrons. The average molecular weight is 272 g/mol. The fraction of sp³-hybridized carbons (Fsp3) is 0.929. The van der Waals surface area contributed by atoms with Crippen molar-refractivity contribution in [3.8, 4) is 0 Å². The van der Waals surface area contributed by atoms with Gasteiger partial charge in [0, 0.05) is 19.6 Å². The molecule has 1 heterocycles. The molecular formula is C14H28N2O3.